The number of benzene rings is 1. The molecule has 0 amide bonds. The van der Waals surface area contributed by atoms with Gasteiger partial charge in [-0.1, -0.05) is 19.1 Å². The quantitative estimate of drug-likeness (QED) is 0.910. The van der Waals surface area contributed by atoms with Crippen molar-refractivity contribution in [3.05, 3.63) is 52.8 Å². The van der Waals surface area contributed by atoms with Crippen LogP contribution < -0.4 is 10.5 Å². The van der Waals surface area contributed by atoms with Gasteiger partial charge >= 0.3 is 0 Å². The van der Waals surface area contributed by atoms with Crippen LogP contribution in [0.4, 0.5) is 0 Å². The van der Waals surface area contributed by atoms with Crippen molar-refractivity contribution < 1.29 is 4.74 Å². The minimum atomic E-state index is 0.549. The summed E-state index contributed by atoms with van der Waals surface area (Å²) in [6.45, 7) is 6.65. The Labute approximate surface area is 114 Å². The lowest BCUT2D eigenvalue weighted by atomic mass is 10.1. The van der Waals surface area contributed by atoms with E-state index in [0.717, 1.165) is 40.4 Å². The fourth-order valence-electron chi connectivity index (χ4n) is 2.02. The minimum Gasteiger partial charge on any atom is -0.455 e. The van der Waals surface area contributed by atoms with Crippen LogP contribution in [-0.4, -0.2) is 4.98 Å². The van der Waals surface area contributed by atoms with Gasteiger partial charge in [0.05, 0.1) is 5.69 Å². The summed E-state index contributed by atoms with van der Waals surface area (Å²) in [5, 5.41) is 0. The zero-order chi connectivity index (χ0) is 13.8. The SMILES string of the molecule is CCc1nc(C)ccc1Oc1ccc(CN)cc1C. The molecule has 1 heterocycles. The molecule has 100 valence electrons. The number of rotatable bonds is 4. The van der Waals surface area contributed by atoms with Crippen LogP contribution in [0.15, 0.2) is 30.3 Å². The van der Waals surface area contributed by atoms with Crippen LogP contribution in [0.2, 0.25) is 0 Å². The number of hydrogen-bond donors (Lipinski definition) is 1. The van der Waals surface area contributed by atoms with Gasteiger partial charge < -0.3 is 10.5 Å². The summed E-state index contributed by atoms with van der Waals surface area (Å²) < 4.78 is 5.98. The van der Waals surface area contributed by atoms with Crippen molar-refractivity contribution in [3.8, 4) is 11.5 Å². The van der Waals surface area contributed by atoms with Crippen LogP contribution in [0.5, 0.6) is 11.5 Å². The van der Waals surface area contributed by atoms with Gasteiger partial charge in [-0.15, -0.1) is 0 Å². The van der Waals surface area contributed by atoms with Crippen LogP contribution >= 0.6 is 0 Å². The second-order valence-corrected chi connectivity index (χ2v) is 4.66. The van der Waals surface area contributed by atoms with E-state index < -0.39 is 0 Å². The zero-order valence-electron chi connectivity index (χ0n) is 11.7. The van der Waals surface area contributed by atoms with Crippen LogP contribution in [0.3, 0.4) is 0 Å². The molecule has 0 aliphatic rings. The van der Waals surface area contributed by atoms with E-state index in [9.17, 15) is 0 Å². The van der Waals surface area contributed by atoms with Gasteiger partial charge in [0.25, 0.3) is 0 Å². The van der Waals surface area contributed by atoms with Crippen LogP contribution in [0.25, 0.3) is 0 Å². The van der Waals surface area contributed by atoms with Crippen molar-refractivity contribution in [2.24, 2.45) is 5.73 Å². The van der Waals surface area contributed by atoms with Gasteiger partial charge in [-0.25, -0.2) is 0 Å². The summed E-state index contributed by atoms with van der Waals surface area (Å²) in [4.78, 5) is 4.51. The largest absolute Gasteiger partial charge is 0.455 e. The molecular formula is C16H20N2O. The van der Waals surface area contributed by atoms with Crippen molar-refractivity contribution in [1.29, 1.82) is 0 Å². The molecule has 0 aliphatic carbocycles. The van der Waals surface area contributed by atoms with E-state index in [2.05, 4.69) is 18.0 Å². The summed E-state index contributed by atoms with van der Waals surface area (Å²) in [6.07, 6.45) is 0.858. The standard InChI is InChI=1S/C16H20N2O/c1-4-14-16(7-5-12(3)18-14)19-15-8-6-13(10-17)9-11(15)2/h5-9H,4,10,17H2,1-3H3. The molecule has 0 saturated carbocycles. The Morgan fingerprint density at radius 2 is 1.84 bits per heavy atom. The molecule has 0 spiro atoms. The fourth-order valence-corrected chi connectivity index (χ4v) is 2.02. The Morgan fingerprint density at radius 3 is 2.47 bits per heavy atom. The lowest BCUT2D eigenvalue weighted by Gasteiger charge is -2.12. The molecule has 3 nitrogen and oxygen atoms in total. The molecule has 2 N–H and O–H groups in total. The molecule has 1 aromatic carbocycles. The zero-order valence-corrected chi connectivity index (χ0v) is 11.7. The van der Waals surface area contributed by atoms with E-state index in [-0.39, 0.29) is 0 Å². The van der Waals surface area contributed by atoms with Crippen LogP contribution in [-0.2, 0) is 13.0 Å². The highest BCUT2D eigenvalue weighted by Crippen LogP contribution is 2.28. The summed E-state index contributed by atoms with van der Waals surface area (Å²) in [6, 6.07) is 9.98. The molecule has 0 unspecified atom stereocenters. The number of aromatic nitrogens is 1. The Bertz CT molecular complexity index is 579. The number of nitrogens with two attached hydrogens (primary N) is 1. The van der Waals surface area contributed by atoms with Crippen LogP contribution in [0, 0.1) is 13.8 Å². The third-order valence-corrected chi connectivity index (χ3v) is 3.10. The first-order chi connectivity index (χ1) is 9.13. The number of ether oxygens (including phenoxy) is 1. The molecule has 0 radical (unpaired) electrons. The smallest absolute Gasteiger partial charge is 0.148 e. The van der Waals surface area contributed by atoms with Gasteiger partial charge in [-0.2, -0.15) is 0 Å². The van der Waals surface area contributed by atoms with E-state index in [4.69, 9.17) is 10.5 Å². The van der Waals surface area contributed by atoms with Gasteiger partial charge in [0, 0.05) is 12.2 Å². The summed E-state index contributed by atoms with van der Waals surface area (Å²) in [5.74, 6) is 1.69. The predicted octanol–water partition coefficient (Wildman–Crippen LogP) is 3.51. The molecule has 0 fully saturated rings. The first-order valence-electron chi connectivity index (χ1n) is 6.58. The highest BCUT2D eigenvalue weighted by atomic mass is 16.5. The minimum absolute atomic E-state index is 0.549. The number of aryl methyl sites for hydroxylation is 3. The van der Waals surface area contributed by atoms with Gasteiger partial charge in [0.1, 0.15) is 11.5 Å². The molecule has 19 heavy (non-hydrogen) atoms. The molecule has 0 bridgehead atoms. The maximum Gasteiger partial charge on any atom is 0.148 e. The normalized spacial score (nSPS) is 10.5. The average Bonchev–Trinajstić information content (AvgIpc) is 2.42. The number of pyridine rings is 1. The molecular weight excluding hydrogens is 236 g/mol. The summed E-state index contributed by atoms with van der Waals surface area (Å²) in [7, 11) is 0. The highest BCUT2D eigenvalue weighted by molar-refractivity contribution is 5.41. The molecule has 3 heteroatoms. The lowest BCUT2D eigenvalue weighted by molar-refractivity contribution is 0.469. The Morgan fingerprint density at radius 1 is 1.11 bits per heavy atom. The molecule has 0 atom stereocenters. The average molecular weight is 256 g/mol. The van der Waals surface area contributed by atoms with Gasteiger partial charge in [-0.3, -0.25) is 4.98 Å². The second-order valence-electron chi connectivity index (χ2n) is 4.66. The second kappa shape index (κ2) is 5.85. The maximum absolute atomic E-state index is 5.98. The Kier molecular flexibility index (Phi) is 4.17. The van der Waals surface area contributed by atoms with Crippen molar-refractivity contribution in [2.45, 2.75) is 33.7 Å². The van der Waals surface area contributed by atoms with E-state index in [1.807, 2.05) is 38.1 Å². The first-order valence-corrected chi connectivity index (χ1v) is 6.58. The molecule has 0 aliphatic heterocycles. The van der Waals surface area contributed by atoms with E-state index in [1.54, 1.807) is 0 Å². The molecule has 0 saturated heterocycles. The van der Waals surface area contributed by atoms with Crippen molar-refractivity contribution in [3.63, 3.8) is 0 Å². The predicted molar refractivity (Wildman–Crippen MR) is 77.5 cm³/mol. The van der Waals surface area contributed by atoms with Crippen molar-refractivity contribution in [1.82, 2.24) is 4.98 Å². The van der Waals surface area contributed by atoms with Gasteiger partial charge in [0.2, 0.25) is 0 Å². The van der Waals surface area contributed by atoms with Gasteiger partial charge in [-0.05, 0) is 49.6 Å². The van der Waals surface area contributed by atoms with Crippen LogP contribution in [0.1, 0.15) is 29.4 Å². The molecule has 1 aromatic heterocycles. The van der Waals surface area contributed by atoms with E-state index in [1.165, 1.54) is 0 Å². The van der Waals surface area contributed by atoms with E-state index in [0.29, 0.717) is 6.54 Å². The summed E-state index contributed by atoms with van der Waals surface area (Å²) >= 11 is 0. The topological polar surface area (TPSA) is 48.1 Å². The van der Waals surface area contributed by atoms with Crippen molar-refractivity contribution in [2.75, 3.05) is 0 Å². The maximum atomic E-state index is 5.98. The number of hydrogen-bond acceptors (Lipinski definition) is 3. The highest BCUT2D eigenvalue weighted by Gasteiger charge is 2.07. The van der Waals surface area contributed by atoms with Gasteiger partial charge in [0.15, 0.2) is 0 Å². The van der Waals surface area contributed by atoms with Crippen molar-refractivity contribution >= 4 is 0 Å². The Hall–Kier alpha value is -1.87. The number of nitrogens with zero attached hydrogens (tertiary/aromatic N) is 1. The third-order valence-electron chi connectivity index (χ3n) is 3.10. The van der Waals surface area contributed by atoms with E-state index >= 15 is 0 Å². The Balaban J connectivity index is 2.31. The molecule has 2 rings (SSSR count). The first kappa shape index (κ1) is 13.6. The summed E-state index contributed by atoms with van der Waals surface area (Å²) in [5.41, 5.74) is 9.84. The monoisotopic (exact) mass is 256 g/mol. The fraction of sp³-hybridized carbons (Fsp3) is 0.312. The lowest BCUT2D eigenvalue weighted by Crippen LogP contribution is -1.99. The third kappa shape index (κ3) is 3.12. The molecule has 2 aromatic rings.